The van der Waals surface area contributed by atoms with E-state index in [0.29, 0.717) is 18.8 Å². The van der Waals surface area contributed by atoms with Gasteiger partial charge in [-0.25, -0.2) is 14.3 Å². The number of ether oxygens (including phenoxy) is 2. The van der Waals surface area contributed by atoms with Crippen molar-refractivity contribution >= 4 is 5.97 Å². The average Bonchev–Trinajstić information content (AvgIpc) is 3.68. The highest BCUT2D eigenvalue weighted by Gasteiger charge is 2.21. The molecule has 11 nitrogen and oxygen atoms in total. The van der Waals surface area contributed by atoms with Gasteiger partial charge in [-0.1, -0.05) is 92.2 Å². The molecule has 1 atom stereocenters. The Morgan fingerprint density at radius 1 is 0.953 bits per heavy atom. The Bertz CT molecular complexity index is 1660. The average molecular weight is 582 g/mol. The van der Waals surface area contributed by atoms with E-state index in [1.54, 1.807) is 11.5 Å². The minimum absolute atomic E-state index is 0.167. The maximum Gasteiger partial charge on any atom is 0.346 e. The third-order valence-corrected chi connectivity index (χ3v) is 7.09. The number of carbonyl (C=O) groups is 1. The van der Waals surface area contributed by atoms with Gasteiger partial charge in [-0.05, 0) is 40.8 Å². The maximum atomic E-state index is 13.7. The Morgan fingerprint density at radius 2 is 1.70 bits per heavy atom. The topological polar surface area (TPSA) is 130 Å². The molecular formula is C32H35N7O4. The van der Waals surface area contributed by atoms with E-state index in [0.717, 1.165) is 46.5 Å². The highest BCUT2D eigenvalue weighted by atomic mass is 16.6. The number of aryl methyl sites for hydroxylation is 1. The largest absolute Gasteiger partial charge is 0.464 e. The van der Waals surface area contributed by atoms with Crippen LogP contribution in [0.3, 0.4) is 0 Å². The molecule has 2 heterocycles. The van der Waals surface area contributed by atoms with Crippen LogP contribution in [0.2, 0.25) is 0 Å². The third kappa shape index (κ3) is 7.31. The van der Waals surface area contributed by atoms with Crippen LogP contribution in [0.1, 0.15) is 49.7 Å². The van der Waals surface area contributed by atoms with Crippen molar-refractivity contribution in [2.75, 3.05) is 13.2 Å². The van der Waals surface area contributed by atoms with E-state index in [1.807, 2.05) is 78.9 Å². The van der Waals surface area contributed by atoms with Crippen molar-refractivity contribution in [2.24, 2.45) is 0 Å². The van der Waals surface area contributed by atoms with Gasteiger partial charge in [0, 0.05) is 12.0 Å². The molecule has 0 aliphatic rings. The second-order valence-electron chi connectivity index (χ2n) is 10.1. The van der Waals surface area contributed by atoms with Gasteiger partial charge in [-0.2, -0.15) is 10.3 Å². The first-order valence-electron chi connectivity index (χ1n) is 14.5. The first kappa shape index (κ1) is 29.6. The second-order valence-corrected chi connectivity index (χ2v) is 10.1. The van der Waals surface area contributed by atoms with E-state index in [4.69, 9.17) is 14.6 Å². The molecule has 0 bridgehead atoms. The summed E-state index contributed by atoms with van der Waals surface area (Å²) in [6, 6.07) is 25.5. The van der Waals surface area contributed by atoms with E-state index in [2.05, 4.69) is 27.5 Å². The number of hydrogen-bond donors (Lipinski definition) is 1. The molecule has 2 aromatic heterocycles. The van der Waals surface area contributed by atoms with Crippen LogP contribution in [-0.2, 0) is 33.8 Å². The van der Waals surface area contributed by atoms with Crippen molar-refractivity contribution in [3.8, 4) is 22.5 Å². The van der Waals surface area contributed by atoms with Gasteiger partial charge in [0.15, 0.2) is 0 Å². The molecule has 1 unspecified atom stereocenters. The molecule has 0 aliphatic heterocycles. The van der Waals surface area contributed by atoms with E-state index in [1.165, 1.54) is 4.68 Å². The molecular weight excluding hydrogens is 546 g/mol. The van der Waals surface area contributed by atoms with Crippen LogP contribution >= 0.6 is 0 Å². The van der Waals surface area contributed by atoms with Crippen LogP contribution < -0.4 is 5.69 Å². The van der Waals surface area contributed by atoms with Crippen LogP contribution in [0.15, 0.2) is 83.7 Å². The number of rotatable bonds is 14. The van der Waals surface area contributed by atoms with E-state index < -0.39 is 12.1 Å². The normalized spacial score (nSPS) is 11.9. The number of tetrazole rings is 1. The highest BCUT2D eigenvalue weighted by molar-refractivity contribution is 5.80. The van der Waals surface area contributed by atoms with Crippen molar-refractivity contribution < 1.29 is 14.3 Å². The summed E-state index contributed by atoms with van der Waals surface area (Å²) >= 11 is 0. The van der Waals surface area contributed by atoms with Crippen LogP contribution in [0, 0.1) is 0 Å². The summed E-state index contributed by atoms with van der Waals surface area (Å²) in [5.41, 5.74) is 4.46. The molecule has 0 spiro atoms. The molecule has 43 heavy (non-hydrogen) atoms. The van der Waals surface area contributed by atoms with E-state index in [-0.39, 0.29) is 25.4 Å². The number of esters is 1. The fourth-order valence-corrected chi connectivity index (χ4v) is 4.91. The van der Waals surface area contributed by atoms with Gasteiger partial charge in [0.1, 0.15) is 18.5 Å². The number of nitrogens with zero attached hydrogens (tertiary/aromatic N) is 6. The number of nitrogens with one attached hydrogen (secondary N) is 1. The van der Waals surface area contributed by atoms with E-state index in [9.17, 15) is 9.59 Å². The van der Waals surface area contributed by atoms with Crippen LogP contribution in [-0.4, -0.2) is 54.2 Å². The maximum absolute atomic E-state index is 13.7. The number of H-pyrrole nitrogens is 1. The molecule has 11 heteroatoms. The number of hydrogen-bond acceptors (Lipinski definition) is 8. The molecule has 0 amide bonds. The van der Waals surface area contributed by atoms with Gasteiger partial charge < -0.3 is 9.47 Å². The number of benzene rings is 3. The second kappa shape index (κ2) is 14.3. The lowest BCUT2D eigenvalue weighted by molar-refractivity contribution is -0.151. The first-order chi connectivity index (χ1) is 21.1. The van der Waals surface area contributed by atoms with Crippen molar-refractivity contribution in [3.63, 3.8) is 0 Å². The minimum Gasteiger partial charge on any atom is -0.464 e. The zero-order chi connectivity index (χ0) is 30.0. The molecule has 222 valence electrons. The van der Waals surface area contributed by atoms with Gasteiger partial charge >= 0.3 is 11.7 Å². The summed E-state index contributed by atoms with van der Waals surface area (Å²) < 4.78 is 14.2. The molecule has 5 rings (SSSR count). The Hall–Kier alpha value is -4.90. The zero-order valence-electron chi connectivity index (χ0n) is 24.3. The summed E-state index contributed by atoms with van der Waals surface area (Å²) in [6.07, 6.45) is 2.01. The predicted molar refractivity (Wildman–Crippen MR) is 161 cm³/mol. The van der Waals surface area contributed by atoms with Gasteiger partial charge in [0.05, 0.1) is 19.7 Å². The SMILES string of the molecule is CCCCc1nn(CC(OCC(=O)OCC)c2ccccc2)c(=O)n1Cc1ccc(-c2ccccc2-c2nn[nH]n2)cc1. The Balaban J connectivity index is 1.40. The van der Waals surface area contributed by atoms with Gasteiger partial charge in [-0.15, -0.1) is 10.2 Å². The van der Waals surface area contributed by atoms with Crippen LogP contribution in [0.5, 0.6) is 0 Å². The Labute approximate surface area is 249 Å². The van der Waals surface area contributed by atoms with Gasteiger partial charge in [-0.3, -0.25) is 4.57 Å². The molecule has 0 radical (unpaired) electrons. The summed E-state index contributed by atoms with van der Waals surface area (Å²) in [6.45, 7) is 4.46. The fourth-order valence-electron chi connectivity index (χ4n) is 4.91. The number of unbranched alkanes of at least 4 members (excludes halogenated alkanes) is 1. The van der Waals surface area contributed by atoms with Crippen LogP contribution in [0.4, 0.5) is 0 Å². The highest BCUT2D eigenvalue weighted by Crippen LogP contribution is 2.30. The molecule has 3 aromatic carbocycles. The summed E-state index contributed by atoms with van der Waals surface area (Å²) in [5, 5.41) is 19.2. The molecule has 1 N–H and O–H groups in total. The minimum atomic E-state index is -0.552. The number of carbonyl (C=O) groups excluding carboxylic acids is 1. The first-order valence-corrected chi connectivity index (χ1v) is 14.5. The van der Waals surface area contributed by atoms with Crippen molar-refractivity contribution in [1.29, 1.82) is 0 Å². The summed E-state index contributed by atoms with van der Waals surface area (Å²) in [5.74, 6) is 0.795. The third-order valence-electron chi connectivity index (χ3n) is 7.09. The Morgan fingerprint density at radius 3 is 2.40 bits per heavy atom. The number of aromatic amines is 1. The van der Waals surface area contributed by atoms with E-state index >= 15 is 0 Å². The molecule has 0 fully saturated rings. The summed E-state index contributed by atoms with van der Waals surface area (Å²) in [7, 11) is 0. The molecule has 0 saturated carbocycles. The zero-order valence-corrected chi connectivity index (χ0v) is 24.3. The standard InChI is InChI=1S/C32H35N7O4/c1-3-5-15-29-35-39(21-28(25-11-7-6-8-12-25)43-22-30(40)42-4-2)32(41)38(29)20-23-16-18-24(19-17-23)26-13-9-10-14-27(26)31-33-36-37-34-31/h6-14,16-19,28H,3-5,15,20-22H2,1-2H3,(H,33,34,36,37). The van der Waals surface area contributed by atoms with Crippen molar-refractivity contribution in [1.82, 2.24) is 35.0 Å². The van der Waals surface area contributed by atoms with Gasteiger partial charge in [0.2, 0.25) is 5.82 Å². The smallest absolute Gasteiger partial charge is 0.346 e. The Kier molecular flexibility index (Phi) is 9.86. The van der Waals surface area contributed by atoms with Gasteiger partial charge in [0.25, 0.3) is 0 Å². The van der Waals surface area contributed by atoms with Crippen molar-refractivity contribution in [3.05, 3.63) is 106 Å². The molecule has 0 saturated heterocycles. The fraction of sp³-hybridized carbons (Fsp3) is 0.312. The molecule has 0 aliphatic carbocycles. The molecule has 5 aromatic rings. The lowest BCUT2D eigenvalue weighted by Gasteiger charge is -2.17. The monoisotopic (exact) mass is 581 g/mol. The number of aromatic nitrogens is 7. The summed E-state index contributed by atoms with van der Waals surface area (Å²) in [4.78, 5) is 25.7. The predicted octanol–water partition coefficient (Wildman–Crippen LogP) is 4.60. The lowest BCUT2D eigenvalue weighted by atomic mass is 9.98. The quantitative estimate of drug-likeness (QED) is 0.188. The van der Waals surface area contributed by atoms with Crippen molar-refractivity contribution in [2.45, 2.75) is 52.3 Å². The van der Waals surface area contributed by atoms with Crippen LogP contribution in [0.25, 0.3) is 22.5 Å². The lowest BCUT2D eigenvalue weighted by Crippen LogP contribution is -2.29.